The summed E-state index contributed by atoms with van der Waals surface area (Å²) in [6.45, 7) is 4.26. The van der Waals surface area contributed by atoms with Gasteiger partial charge in [0.05, 0.1) is 10.8 Å². The summed E-state index contributed by atoms with van der Waals surface area (Å²) < 4.78 is 0. The van der Waals surface area contributed by atoms with Crippen LogP contribution in [0, 0.1) is 11.8 Å². The molecule has 2 fully saturated rings. The number of hydrogen-bond acceptors (Lipinski definition) is 2. The van der Waals surface area contributed by atoms with E-state index in [1.165, 1.54) is 0 Å². The summed E-state index contributed by atoms with van der Waals surface area (Å²) in [7, 11) is 0. The van der Waals surface area contributed by atoms with Crippen molar-refractivity contribution < 1.29 is 19.8 Å². The molecule has 0 radical (unpaired) electrons. The maximum absolute atomic E-state index is 12.7. The first kappa shape index (κ1) is 20.9. The maximum Gasteiger partial charge on any atom is 0.314 e. The van der Waals surface area contributed by atoms with Gasteiger partial charge in [0.1, 0.15) is 0 Å². The van der Waals surface area contributed by atoms with Gasteiger partial charge >= 0.3 is 11.9 Å². The third-order valence-electron chi connectivity index (χ3n) is 7.75. The van der Waals surface area contributed by atoms with Crippen LogP contribution in [0.4, 0.5) is 0 Å². The second-order valence-electron chi connectivity index (χ2n) is 9.89. The Hall–Kier alpha value is -2.36. The Morgan fingerprint density at radius 2 is 1.23 bits per heavy atom. The van der Waals surface area contributed by atoms with Crippen molar-refractivity contribution >= 4 is 22.7 Å². The molecular weight excluding hydrogens is 376 g/mol. The highest BCUT2D eigenvalue weighted by Crippen LogP contribution is 2.49. The maximum atomic E-state index is 12.7. The topological polar surface area (TPSA) is 74.6 Å². The summed E-state index contributed by atoms with van der Waals surface area (Å²) in [5.74, 6) is -0.892. The molecule has 0 heterocycles. The highest BCUT2D eigenvalue weighted by Gasteiger charge is 2.48. The van der Waals surface area contributed by atoms with Gasteiger partial charge in [-0.2, -0.15) is 0 Å². The SMILES string of the molecule is CC1CCCC(C(=O)O)(c2cccc3cccc(C4(C(=O)O)CCCC(C)C4)c23)C1. The van der Waals surface area contributed by atoms with E-state index in [1.54, 1.807) is 0 Å². The van der Waals surface area contributed by atoms with Gasteiger partial charge in [-0.15, -0.1) is 0 Å². The summed E-state index contributed by atoms with van der Waals surface area (Å²) in [6, 6.07) is 11.7. The zero-order chi connectivity index (χ0) is 21.5. The average Bonchev–Trinajstić information content (AvgIpc) is 2.72. The molecule has 2 aliphatic rings. The molecule has 30 heavy (non-hydrogen) atoms. The number of aliphatic carboxylic acids is 2. The fraction of sp³-hybridized carbons (Fsp3) is 0.538. The number of hydrogen-bond donors (Lipinski definition) is 2. The predicted molar refractivity (Wildman–Crippen MR) is 118 cm³/mol. The Labute approximate surface area is 178 Å². The fourth-order valence-electron chi connectivity index (χ4n) is 6.35. The highest BCUT2D eigenvalue weighted by atomic mass is 16.4. The Bertz CT molecular complexity index is 905. The molecule has 2 N–H and O–H groups in total. The molecule has 0 bridgehead atoms. The number of rotatable bonds is 4. The Kier molecular flexibility index (Phi) is 5.37. The lowest BCUT2D eigenvalue weighted by molar-refractivity contribution is -0.146. The molecule has 4 heteroatoms. The lowest BCUT2D eigenvalue weighted by Gasteiger charge is -2.41. The summed E-state index contributed by atoms with van der Waals surface area (Å²) in [4.78, 5) is 25.4. The lowest BCUT2D eigenvalue weighted by atomic mass is 9.61. The second-order valence-corrected chi connectivity index (χ2v) is 9.89. The molecule has 0 aliphatic heterocycles. The molecule has 2 saturated carbocycles. The van der Waals surface area contributed by atoms with E-state index in [0.717, 1.165) is 47.6 Å². The molecule has 0 aromatic heterocycles. The van der Waals surface area contributed by atoms with E-state index < -0.39 is 22.8 Å². The predicted octanol–water partition coefficient (Wildman–Crippen LogP) is 5.90. The number of carboxylic acids is 2. The van der Waals surface area contributed by atoms with Crippen molar-refractivity contribution in [3.8, 4) is 0 Å². The number of carbonyl (C=O) groups is 2. The van der Waals surface area contributed by atoms with Gasteiger partial charge in [-0.3, -0.25) is 9.59 Å². The van der Waals surface area contributed by atoms with Crippen molar-refractivity contribution in [3.63, 3.8) is 0 Å². The van der Waals surface area contributed by atoms with E-state index >= 15 is 0 Å². The minimum Gasteiger partial charge on any atom is -0.481 e. The first-order valence-corrected chi connectivity index (χ1v) is 11.3. The first-order chi connectivity index (χ1) is 14.3. The zero-order valence-electron chi connectivity index (χ0n) is 18.0. The summed E-state index contributed by atoms with van der Waals surface area (Å²) in [6.07, 6.45) is 6.28. The molecule has 160 valence electrons. The largest absolute Gasteiger partial charge is 0.481 e. The number of carboxylic acid groups (broad SMARTS) is 2. The van der Waals surface area contributed by atoms with E-state index in [1.807, 2.05) is 36.4 Å². The van der Waals surface area contributed by atoms with Gasteiger partial charge in [0.2, 0.25) is 0 Å². The van der Waals surface area contributed by atoms with Crippen molar-refractivity contribution in [2.45, 2.75) is 76.0 Å². The molecule has 4 rings (SSSR count). The third kappa shape index (κ3) is 3.21. The molecular formula is C26H32O4. The Morgan fingerprint density at radius 1 is 0.800 bits per heavy atom. The molecule has 0 saturated heterocycles. The highest BCUT2D eigenvalue weighted by molar-refractivity contribution is 5.99. The van der Waals surface area contributed by atoms with Crippen LogP contribution in [0.3, 0.4) is 0 Å². The van der Waals surface area contributed by atoms with Crippen molar-refractivity contribution in [2.75, 3.05) is 0 Å². The van der Waals surface area contributed by atoms with E-state index in [2.05, 4.69) is 13.8 Å². The molecule has 2 aromatic carbocycles. The molecule has 0 amide bonds. The minimum absolute atomic E-state index is 0.334. The number of benzene rings is 2. The van der Waals surface area contributed by atoms with Crippen molar-refractivity contribution in [1.82, 2.24) is 0 Å². The Morgan fingerprint density at radius 3 is 1.60 bits per heavy atom. The molecule has 2 aliphatic carbocycles. The standard InChI is InChI=1S/C26H32O4/c1-17-7-5-13-25(15-17,23(27)28)20-11-3-9-19-10-4-12-21(22(19)20)26(24(29)30)14-6-8-18(2)16-26/h3-4,9-12,17-18H,5-8,13-16H2,1-2H3,(H,27,28)(H,29,30). The van der Waals surface area contributed by atoms with Gasteiger partial charge in [0, 0.05) is 0 Å². The van der Waals surface area contributed by atoms with Crippen molar-refractivity contribution in [3.05, 3.63) is 47.5 Å². The summed E-state index contributed by atoms with van der Waals surface area (Å²) >= 11 is 0. The average molecular weight is 409 g/mol. The molecule has 2 aromatic rings. The van der Waals surface area contributed by atoms with E-state index in [9.17, 15) is 19.8 Å². The Balaban J connectivity index is 2.02. The van der Waals surface area contributed by atoms with Gasteiger partial charge in [-0.25, -0.2) is 0 Å². The van der Waals surface area contributed by atoms with Crippen LogP contribution < -0.4 is 0 Å². The van der Waals surface area contributed by atoms with E-state index in [0.29, 0.717) is 37.5 Å². The van der Waals surface area contributed by atoms with Crippen molar-refractivity contribution in [2.24, 2.45) is 11.8 Å². The first-order valence-electron chi connectivity index (χ1n) is 11.3. The fourth-order valence-corrected chi connectivity index (χ4v) is 6.35. The monoisotopic (exact) mass is 408 g/mol. The second kappa shape index (κ2) is 7.72. The normalized spacial score (nSPS) is 32.1. The number of fused-ring (bicyclic) bond motifs is 1. The van der Waals surface area contributed by atoms with Gasteiger partial charge < -0.3 is 10.2 Å². The van der Waals surface area contributed by atoms with Crippen LogP contribution in [-0.2, 0) is 20.4 Å². The molecule has 4 atom stereocenters. The zero-order valence-corrected chi connectivity index (χ0v) is 18.0. The van der Waals surface area contributed by atoms with Crippen LogP contribution in [0.25, 0.3) is 10.8 Å². The van der Waals surface area contributed by atoms with Gasteiger partial charge in [0.25, 0.3) is 0 Å². The lowest BCUT2D eigenvalue weighted by Crippen LogP contribution is -2.42. The van der Waals surface area contributed by atoms with E-state index in [-0.39, 0.29) is 0 Å². The van der Waals surface area contributed by atoms with Crippen LogP contribution in [0.1, 0.15) is 76.3 Å². The van der Waals surface area contributed by atoms with Gasteiger partial charge in [-0.05, 0) is 59.4 Å². The van der Waals surface area contributed by atoms with E-state index in [4.69, 9.17) is 0 Å². The quantitative estimate of drug-likeness (QED) is 0.660. The summed E-state index contributed by atoms with van der Waals surface area (Å²) in [5.41, 5.74) is -0.275. The van der Waals surface area contributed by atoms with Gasteiger partial charge in [-0.1, -0.05) is 75.9 Å². The van der Waals surface area contributed by atoms with Crippen LogP contribution in [0.15, 0.2) is 36.4 Å². The molecule has 4 nitrogen and oxygen atoms in total. The third-order valence-corrected chi connectivity index (χ3v) is 7.75. The van der Waals surface area contributed by atoms with Crippen molar-refractivity contribution in [1.29, 1.82) is 0 Å². The van der Waals surface area contributed by atoms with Crippen LogP contribution in [-0.4, -0.2) is 22.2 Å². The smallest absolute Gasteiger partial charge is 0.314 e. The van der Waals surface area contributed by atoms with Crippen LogP contribution in [0.2, 0.25) is 0 Å². The molecule has 0 spiro atoms. The van der Waals surface area contributed by atoms with Crippen LogP contribution in [0.5, 0.6) is 0 Å². The van der Waals surface area contributed by atoms with Crippen LogP contribution >= 0.6 is 0 Å². The van der Waals surface area contributed by atoms with Gasteiger partial charge in [0.15, 0.2) is 0 Å². The minimum atomic E-state index is -0.951. The summed E-state index contributed by atoms with van der Waals surface area (Å²) in [5, 5.41) is 22.7. The molecule has 4 unspecified atom stereocenters.